The fourth-order valence-corrected chi connectivity index (χ4v) is 3.23. The second kappa shape index (κ2) is 5.78. The summed E-state index contributed by atoms with van der Waals surface area (Å²) >= 11 is 3.36. The molecule has 0 radical (unpaired) electrons. The van der Waals surface area contributed by atoms with Gasteiger partial charge in [0, 0.05) is 18.9 Å². The van der Waals surface area contributed by atoms with Crippen LogP contribution in [0, 0.1) is 5.92 Å². The number of nitrogens with zero attached hydrogens (tertiary/aromatic N) is 4. The Hall–Kier alpha value is -1.63. The molecule has 2 atom stereocenters. The molecule has 0 aromatic carbocycles. The van der Waals surface area contributed by atoms with Crippen LogP contribution in [-0.2, 0) is 4.74 Å². The van der Waals surface area contributed by atoms with E-state index < -0.39 is 5.60 Å². The highest BCUT2D eigenvalue weighted by Gasteiger charge is 2.37. The molecule has 23 heavy (non-hydrogen) atoms. The second-order valence-electron chi connectivity index (χ2n) is 7.13. The van der Waals surface area contributed by atoms with Crippen molar-refractivity contribution in [3.8, 4) is 0 Å². The predicted molar refractivity (Wildman–Crippen MR) is 90.1 cm³/mol. The number of hydrogen-bond acceptors (Lipinski definition) is 4. The minimum Gasteiger partial charge on any atom is -0.444 e. The van der Waals surface area contributed by atoms with Gasteiger partial charge in [0.05, 0.1) is 17.9 Å². The van der Waals surface area contributed by atoms with Crippen LogP contribution in [-0.4, -0.2) is 37.5 Å². The molecule has 1 amide bonds. The zero-order chi connectivity index (χ0) is 16.8. The largest absolute Gasteiger partial charge is 0.444 e. The van der Waals surface area contributed by atoms with Crippen molar-refractivity contribution in [1.82, 2.24) is 19.3 Å². The first-order valence-corrected chi connectivity index (χ1v) is 8.52. The van der Waals surface area contributed by atoms with Gasteiger partial charge in [0.15, 0.2) is 5.65 Å². The molecule has 1 fully saturated rings. The van der Waals surface area contributed by atoms with E-state index in [2.05, 4.69) is 32.8 Å². The Bertz CT molecular complexity index is 737. The van der Waals surface area contributed by atoms with Crippen LogP contribution >= 0.6 is 15.9 Å². The summed E-state index contributed by atoms with van der Waals surface area (Å²) in [6, 6.07) is -0.0569. The molecule has 124 valence electrons. The summed E-state index contributed by atoms with van der Waals surface area (Å²) in [5.41, 5.74) is 1.15. The molecule has 2 aromatic heterocycles. The second-order valence-corrected chi connectivity index (χ2v) is 7.94. The summed E-state index contributed by atoms with van der Waals surface area (Å²) in [6.45, 7) is 8.48. The van der Waals surface area contributed by atoms with E-state index in [1.165, 1.54) is 0 Å². The highest BCUT2D eigenvalue weighted by Crippen LogP contribution is 2.36. The third kappa shape index (κ3) is 3.49. The fraction of sp³-hybridized carbons (Fsp3) is 0.562. The Balaban J connectivity index is 1.90. The number of imidazole rings is 1. The number of rotatable bonds is 1. The van der Waals surface area contributed by atoms with E-state index in [1.54, 1.807) is 11.1 Å². The minimum absolute atomic E-state index is 0.0569. The van der Waals surface area contributed by atoms with Gasteiger partial charge in [-0.3, -0.25) is 4.90 Å². The van der Waals surface area contributed by atoms with E-state index in [4.69, 9.17) is 4.74 Å². The first-order chi connectivity index (χ1) is 10.7. The molecule has 3 heterocycles. The zero-order valence-electron chi connectivity index (χ0n) is 13.8. The summed E-state index contributed by atoms with van der Waals surface area (Å²) in [5, 5.41) is 0. The molecule has 0 bridgehead atoms. The monoisotopic (exact) mass is 380 g/mol. The normalized spacial score (nSPS) is 21.9. The number of ether oxygens (including phenoxy) is 1. The van der Waals surface area contributed by atoms with Crippen molar-refractivity contribution in [2.24, 2.45) is 5.92 Å². The van der Waals surface area contributed by atoms with Crippen molar-refractivity contribution in [3.63, 3.8) is 0 Å². The van der Waals surface area contributed by atoms with Gasteiger partial charge >= 0.3 is 6.09 Å². The molecule has 6 nitrogen and oxygen atoms in total. The maximum atomic E-state index is 12.5. The van der Waals surface area contributed by atoms with E-state index in [0.717, 1.165) is 22.4 Å². The molecule has 2 aromatic rings. The molecule has 1 aliphatic heterocycles. The Kier molecular flexibility index (Phi) is 4.08. The van der Waals surface area contributed by atoms with Gasteiger partial charge in [-0.25, -0.2) is 14.8 Å². The average Bonchev–Trinajstić information content (AvgIpc) is 2.99. The highest BCUT2D eigenvalue weighted by molar-refractivity contribution is 9.10. The van der Waals surface area contributed by atoms with Gasteiger partial charge in [-0.1, -0.05) is 6.92 Å². The van der Waals surface area contributed by atoms with Gasteiger partial charge in [0.1, 0.15) is 10.2 Å². The molecular formula is C16H21BrN4O2. The maximum Gasteiger partial charge on any atom is 0.410 e. The lowest BCUT2D eigenvalue weighted by Crippen LogP contribution is -2.36. The SMILES string of the molecule is CC1C[C@H](c2cn3cc(Br)ncc3n2)N(C(=O)OC(C)(C)C)C1. The molecule has 3 rings (SSSR count). The summed E-state index contributed by atoms with van der Waals surface area (Å²) in [5.74, 6) is 0.419. The number of fused-ring (bicyclic) bond motifs is 1. The standard InChI is InChI=1S/C16H21BrN4O2/c1-10-5-12(21(7-10)15(22)23-16(2,3)4)11-8-20-9-13(17)18-6-14(20)19-11/h6,8-10,12H,5,7H2,1-4H3/t10?,12-/m1/s1. The summed E-state index contributed by atoms with van der Waals surface area (Å²) in [4.78, 5) is 23.1. The van der Waals surface area contributed by atoms with Crippen molar-refractivity contribution >= 4 is 27.7 Å². The quantitative estimate of drug-likeness (QED) is 0.754. The first kappa shape index (κ1) is 16.2. The first-order valence-electron chi connectivity index (χ1n) is 7.73. The lowest BCUT2D eigenvalue weighted by atomic mass is 10.1. The van der Waals surface area contributed by atoms with Crippen molar-refractivity contribution in [3.05, 3.63) is 28.9 Å². The van der Waals surface area contributed by atoms with E-state index in [9.17, 15) is 4.79 Å². The van der Waals surface area contributed by atoms with Crippen LogP contribution in [0.2, 0.25) is 0 Å². The van der Waals surface area contributed by atoms with Crippen LogP contribution in [0.4, 0.5) is 4.79 Å². The highest BCUT2D eigenvalue weighted by atomic mass is 79.9. The van der Waals surface area contributed by atoms with Crippen LogP contribution < -0.4 is 0 Å². The molecule has 1 unspecified atom stereocenters. The molecule has 1 aliphatic rings. The number of hydrogen-bond donors (Lipinski definition) is 0. The third-order valence-corrected chi connectivity index (χ3v) is 4.22. The molecular weight excluding hydrogens is 360 g/mol. The number of carbonyl (C=O) groups is 1. The number of aromatic nitrogens is 3. The smallest absolute Gasteiger partial charge is 0.410 e. The Morgan fingerprint density at radius 1 is 1.39 bits per heavy atom. The number of likely N-dealkylation sites (tertiary alicyclic amines) is 1. The Labute approximate surface area is 144 Å². The lowest BCUT2D eigenvalue weighted by Gasteiger charge is -2.27. The van der Waals surface area contributed by atoms with Crippen LogP contribution in [0.5, 0.6) is 0 Å². The van der Waals surface area contributed by atoms with Crippen LogP contribution in [0.3, 0.4) is 0 Å². The van der Waals surface area contributed by atoms with Gasteiger partial charge in [-0.05, 0) is 49.0 Å². The van der Waals surface area contributed by atoms with E-state index in [0.29, 0.717) is 12.5 Å². The summed E-state index contributed by atoms with van der Waals surface area (Å²) in [6.07, 6.45) is 6.15. The molecule has 0 aliphatic carbocycles. The van der Waals surface area contributed by atoms with E-state index in [1.807, 2.05) is 37.6 Å². The third-order valence-electron chi connectivity index (χ3n) is 3.81. The van der Waals surface area contributed by atoms with E-state index in [-0.39, 0.29) is 12.1 Å². The van der Waals surface area contributed by atoms with Crippen LogP contribution in [0.1, 0.15) is 45.9 Å². The summed E-state index contributed by atoms with van der Waals surface area (Å²) < 4.78 is 8.21. The zero-order valence-corrected chi connectivity index (χ0v) is 15.4. The molecule has 0 N–H and O–H groups in total. The van der Waals surface area contributed by atoms with Crippen molar-refractivity contribution in [2.75, 3.05) is 6.54 Å². The summed E-state index contributed by atoms with van der Waals surface area (Å²) in [7, 11) is 0. The Morgan fingerprint density at radius 2 is 2.13 bits per heavy atom. The topological polar surface area (TPSA) is 59.7 Å². The van der Waals surface area contributed by atoms with Gasteiger partial charge in [0.2, 0.25) is 0 Å². The van der Waals surface area contributed by atoms with Crippen LogP contribution in [0.15, 0.2) is 23.2 Å². The minimum atomic E-state index is -0.499. The average molecular weight is 381 g/mol. The van der Waals surface area contributed by atoms with Crippen molar-refractivity contribution in [2.45, 2.75) is 45.8 Å². The number of halogens is 1. The molecule has 0 saturated carbocycles. The molecule has 1 saturated heterocycles. The maximum absolute atomic E-state index is 12.5. The van der Waals surface area contributed by atoms with Crippen molar-refractivity contribution in [1.29, 1.82) is 0 Å². The van der Waals surface area contributed by atoms with Crippen LogP contribution in [0.25, 0.3) is 5.65 Å². The molecule has 7 heteroatoms. The number of amides is 1. The van der Waals surface area contributed by atoms with Gasteiger partial charge < -0.3 is 9.14 Å². The lowest BCUT2D eigenvalue weighted by molar-refractivity contribution is 0.0217. The Morgan fingerprint density at radius 3 is 2.83 bits per heavy atom. The van der Waals surface area contributed by atoms with Crippen molar-refractivity contribution < 1.29 is 9.53 Å². The predicted octanol–water partition coefficient (Wildman–Crippen LogP) is 3.81. The van der Waals surface area contributed by atoms with E-state index >= 15 is 0 Å². The fourth-order valence-electron chi connectivity index (χ4n) is 2.90. The number of carbonyl (C=O) groups excluding carboxylic acids is 1. The van der Waals surface area contributed by atoms with Gasteiger partial charge in [0.25, 0.3) is 0 Å². The molecule has 0 spiro atoms. The van der Waals surface area contributed by atoms with Gasteiger partial charge in [-0.15, -0.1) is 0 Å². The van der Waals surface area contributed by atoms with Gasteiger partial charge in [-0.2, -0.15) is 0 Å².